The van der Waals surface area contributed by atoms with Crippen molar-refractivity contribution in [2.24, 2.45) is 0 Å². The van der Waals surface area contributed by atoms with Gasteiger partial charge in [0, 0.05) is 6.54 Å². The Morgan fingerprint density at radius 2 is 2.32 bits per heavy atom. The van der Waals surface area contributed by atoms with E-state index < -0.39 is 5.82 Å². The van der Waals surface area contributed by atoms with Crippen LogP contribution in [0.25, 0.3) is 0 Å². The van der Waals surface area contributed by atoms with E-state index in [1.807, 2.05) is 0 Å². The van der Waals surface area contributed by atoms with Crippen LogP contribution in [-0.4, -0.2) is 54.9 Å². The van der Waals surface area contributed by atoms with Gasteiger partial charge in [-0.15, -0.1) is 0 Å². The zero-order chi connectivity index (χ0) is 13.7. The first-order valence-electron chi connectivity index (χ1n) is 6.07. The molecule has 0 aliphatic carbocycles. The number of benzene rings is 1. The van der Waals surface area contributed by atoms with Gasteiger partial charge in [-0.3, -0.25) is 4.79 Å². The summed E-state index contributed by atoms with van der Waals surface area (Å²) in [5.41, 5.74) is 0. The van der Waals surface area contributed by atoms with Crippen LogP contribution >= 0.6 is 0 Å². The third-order valence-corrected chi connectivity index (χ3v) is 2.95. The van der Waals surface area contributed by atoms with Crippen LogP contribution in [0.15, 0.2) is 24.3 Å². The molecule has 5 nitrogen and oxygen atoms in total. The van der Waals surface area contributed by atoms with E-state index in [0.717, 1.165) is 0 Å². The summed E-state index contributed by atoms with van der Waals surface area (Å²) in [6.45, 7) is 0.734. The van der Waals surface area contributed by atoms with Crippen LogP contribution in [0.5, 0.6) is 5.75 Å². The Bertz CT molecular complexity index is 440. The highest BCUT2D eigenvalue weighted by atomic mass is 19.1. The van der Waals surface area contributed by atoms with Crippen LogP contribution in [0.3, 0.4) is 0 Å². The molecule has 0 spiro atoms. The maximum Gasteiger partial charge on any atom is 0.260 e. The van der Waals surface area contributed by atoms with E-state index in [0.29, 0.717) is 19.8 Å². The highest BCUT2D eigenvalue weighted by Crippen LogP contribution is 2.16. The number of amides is 1. The van der Waals surface area contributed by atoms with Crippen molar-refractivity contribution >= 4 is 5.91 Å². The van der Waals surface area contributed by atoms with Gasteiger partial charge in [-0.05, 0) is 12.1 Å². The number of para-hydroxylation sites is 1. The molecule has 19 heavy (non-hydrogen) atoms. The minimum atomic E-state index is -0.504. The number of hydrogen-bond acceptors (Lipinski definition) is 4. The normalized spacial score (nSPS) is 19.3. The zero-order valence-electron chi connectivity index (χ0n) is 10.4. The Morgan fingerprint density at radius 3 is 3.05 bits per heavy atom. The van der Waals surface area contributed by atoms with Crippen molar-refractivity contribution in [3.05, 3.63) is 30.1 Å². The summed E-state index contributed by atoms with van der Waals surface area (Å²) in [5, 5.41) is 9.16. The van der Waals surface area contributed by atoms with Gasteiger partial charge in [0.15, 0.2) is 18.2 Å². The molecule has 1 unspecified atom stereocenters. The molecule has 0 aromatic heterocycles. The van der Waals surface area contributed by atoms with Gasteiger partial charge < -0.3 is 19.5 Å². The van der Waals surface area contributed by atoms with E-state index >= 15 is 0 Å². The molecular weight excluding hydrogens is 253 g/mol. The number of aliphatic hydroxyl groups is 1. The van der Waals surface area contributed by atoms with Crippen molar-refractivity contribution in [1.82, 2.24) is 4.90 Å². The Morgan fingerprint density at radius 1 is 1.53 bits per heavy atom. The molecule has 1 aromatic carbocycles. The molecule has 1 amide bonds. The molecule has 1 fully saturated rings. The first-order valence-corrected chi connectivity index (χ1v) is 6.07. The predicted molar refractivity (Wildman–Crippen MR) is 65.3 cm³/mol. The molecular formula is C13H16FNO4. The van der Waals surface area contributed by atoms with E-state index in [4.69, 9.17) is 14.6 Å². The Hall–Kier alpha value is -1.66. The summed E-state index contributed by atoms with van der Waals surface area (Å²) in [6, 6.07) is 5.56. The van der Waals surface area contributed by atoms with Gasteiger partial charge in [-0.1, -0.05) is 12.1 Å². The lowest BCUT2D eigenvalue weighted by atomic mass is 10.2. The van der Waals surface area contributed by atoms with E-state index in [9.17, 15) is 9.18 Å². The van der Waals surface area contributed by atoms with Gasteiger partial charge in [0.2, 0.25) is 0 Å². The fourth-order valence-electron chi connectivity index (χ4n) is 1.92. The monoisotopic (exact) mass is 269 g/mol. The molecule has 1 aliphatic heterocycles. The first kappa shape index (κ1) is 13.8. The third kappa shape index (κ3) is 3.42. The van der Waals surface area contributed by atoms with E-state index in [1.165, 1.54) is 17.0 Å². The maximum atomic E-state index is 13.3. The van der Waals surface area contributed by atoms with E-state index in [1.54, 1.807) is 12.1 Å². The topological polar surface area (TPSA) is 59.0 Å². The zero-order valence-corrected chi connectivity index (χ0v) is 10.4. The van der Waals surface area contributed by atoms with Crippen molar-refractivity contribution in [1.29, 1.82) is 0 Å². The van der Waals surface area contributed by atoms with Crippen molar-refractivity contribution in [3.8, 4) is 5.75 Å². The maximum absolute atomic E-state index is 13.3. The molecule has 1 aromatic rings. The average molecular weight is 269 g/mol. The molecule has 1 N–H and O–H groups in total. The lowest BCUT2D eigenvalue weighted by Gasteiger charge is -2.34. The fourth-order valence-corrected chi connectivity index (χ4v) is 1.92. The smallest absolute Gasteiger partial charge is 0.260 e. The fraction of sp³-hybridized carbons (Fsp3) is 0.462. The molecule has 1 aliphatic rings. The third-order valence-electron chi connectivity index (χ3n) is 2.95. The molecule has 0 bridgehead atoms. The van der Waals surface area contributed by atoms with Crippen molar-refractivity contribution in [2.75, 3.05) is 33.0 Å². The van der Waals surface area contributed by atoms with Crippen LogP contribution in [0.4, 0.5) is 4.39 Å². The number of halogens is 1. The number of carbonyl (C=O) groups excluding carboxylic acids is 1. The van der Waals surface area contributed by atoms with Crippen molar-refractivity contribution < 1.29 is 23.8 Å². The van der Waals surface area contributed by atoms with Crippen LogP contribution in [-0.2, 0) is 9.53 Å². The summed E-state index contributed by atoms with van der Waals surface area (Å²) in [7, 11) is 0. The lowest BCUT2D eigenvalue weighted by Crippen LogP contribution is -2.51. The Balaban J connectivity index is 1.92. The molecule has 1 atom stereocenters. The molecule has 1 heterocycles. The number of aliphatic hydroxyl groups excluding tert-OH is 1. The Labute approximate surface area is 110 Å². The second-order valence-corrected chi connectivity index (χ2v) is 4.22. The van der Waals surface area contributed by atoms with Gasteiger partial charge in [-0.25, -0.2) is 4.39 Å². The molecule has 0 radical (unpaired) electrons. The average Bonchev–Trinajstić information content (AvgIpc) is 2.46. The first-order chi connectivity index (χ1) is 9.22. The standard InChI is InChI=1S/C13H16FNO4/c14-11-3-1-2-4-12(11)19-9-13(17)15-5-6-18-8-10(15)7-16/h1-4,10,16H,5-9H2. The minimum Gasteiger partial charge on any atom is -0.481 e. The van der Waals surface area contributed by atoms with Gasteiger partial charge >= 0.3 is 0 Å². The van der Waals surface area contributed by atoms with Crippen LogP contribution in [0.1, 0.15) is 0 Å². The van der Waals surface area contributed by atoms with Gasteiger partial charge in [0.05, 0.1) is 25.9 Å². The van der Waals surface area contributed by atoms with Crippen LogP contribution in [0.2, 0.25) is 0 Å². The largest absolute Gasteiger partial charge is 0.481 e. The lowest BCUT2D eigenvalue weighted by molar-refractivity contribution is -0.143. The molecule has 104 valence electrons. The van der Waals surface area contributed by atoms with Crippen LogP contribution < -0.4 is 4.74 Å². The number of hydrogen-bond donors (Lipinski definition) is 1. The van der Waals surface area contributed by atoms with E-state index in [2.05, 4.69) is 0 Å². The molecule has 0 saturated carbocycles. The second-order valence-electron chi connectivity index (χ2n) is 4.22. The van der Waals surface area contributed by atoms with Crippen molar-refractivity contribution in [2.45, 2.75) is 6.04 Å². The number of carbonyl (C=O) groups is 1. The number of rotatable bonds is 4. The van der Waals surface area contributed by atoms with E-state index in [-0.39, 0.29) is 30.9 Å². The van der Waals surface area contributed by atoms with Crippen LogP contribution in [0, 0.1) is 5.82 Å². The minimum absolute atomic E-state index is 0.0460. The van der Waals surface area contributed by atoms with Gasteiger partial charge in [0.1, 0.15) is 0 Å². The summed E-state index contributed by atoms with van der Waals surface area (Å²) < 4.78 is 23.7. The number of morpholine rings is 1. The quantitative estimate of drug-likeness (QED) is 0.861. The summed E-state index contributed by atoms with van der Waals surface area (Å²) >= 11 is 0. The summed E-state index contributed by atoms with van der Waals surface area (Å²) in [4.78, 5) is 13.5. The summed E-state index contributed by atoms with van der Waals surface area (Å²) in [5.74, 6) is -0.744. The SMILES string of the molecule is O=C(COc1ccccc1F)N1CCOCC1CO. The highest BCUT2D eigenvalue weighted by molar-refractivity contribution is 5.78. The molecule has 6 heteroatoms. The van der Waals surface area contributed by atoms with Crippen molar-refractivity contribution in [3.63, 3.8) is 0 Å². The van der Waals surface area contributed by atoms with Gasteiger partial charge in [-0.2, -0.15) is 0 Å². The molecule has 2 rings (SSSR count). The predicted octanol–water partition coefficient (Wildman–Crippen LogP) is 0.424. The number of nitrogens with zero attached hydrogens (tertiary/aromatic N) is 1. The molecule has 1 saturated heterocycles. The highest BCUT2D eigenvalue weighted by Gasteiger charge is 2.26. The second kappa shape index (κ2) is 6.49. The summed E-state index contributed by atoms with van der Waals surface area (Å²) in [6.07, 6.45) is 0. The Kier molecular flexibility index (Phi) is 4.70. The number of ether oxygens (including phenoxy) is 2. The van der Waals surface area contributed by atoms with Gasteiger partial charge in [0.25, 0.3) is 5.91 Å².